The largest absolute Gasteiger partial charge is 0.395 e. The van der Waals surface area contributed by atoms with Crippen molar-refractivity contribution in [2.45, 2.75) is 12.8 Å². The molecule has 0 fully saturated rings. The number of aromatic nitrogens is 2. The maximum atomic E-state index is 6.14. The van der Waals surface area contributed by atoms with E-state index in [1.54, 1.807) is 22.7 Å². The Bertz CT molecular complexity index is 675. The second kappa shape index (κ2) is 5.14. The van der Waals surface area contributed by atoms with Gasteiger partial charge in [-0.2, -0.15) is 0 Å². The maximum absolute atomic E-state index is 6.14. The number of fused-ring (bicyclic) bond motifs is 1. The van der Waals surface area contributed by atoms with Crippen LogP contribution in [0.3, 0.4) is 0 Å². The lowest BCUT2D eigenvalue weighted by molar-refractivity contribution is 0.795. The van der Waals surface area contributed by atoms with Crippen LogP contribution in [0.15, 0.2) is 29.2 Å². The Labute approximate surface area is 119 Å². The topological polar surface area (TPSA) is 63.8 Å². The molecular formula is C13H14N4S2. The highest BCUT2D eigenvalue weighted by atomic mass is 32.1. The van der Waals surface area contributed by atoms with Crippen molar-refractivity contribution in [3.63, 3.8) is 0 Å². The Hall–Kier alpha value is -1.66. The number of nitrogens with zero attached hydrogens (tertiary/aromatic N) is 2. The molecule has 0 saturated carbocycles. The van der Waals surface area contributed by atoms with Crippen molar-refractivity contribution < 1.29 is 0 Å². The highest BCUT2D eigenvalue weighted by molar-refractivity contribution is 7.16. The summed E-state index contributed by atoms with van der Waals surface area (Å²) in [7, 11) is 0. The summed E-state index contributed by atoms with van der Waals surface area (Å²) in [6, 6.07) is 4.07. The number of benzene rings is 1. The van der Waals surface area contributed by atoms with Crippen LogP contribution in [0.4, 0.5) is 11.4 Å². The fourth-order valence-electron chi connectivity index (χ4n) is 1.93. The molecule has 19 heavy (non-hydrogen) atoms. The monoisotopic (exact) mass is 290 g/mol. The summed E-state index contributed by atoms with van der Waals surface area (Å²) in [5.74, 6) is 0.366. The highest BCUT2D eigenvalue weighted by Gasteiger charge is 2.10. The predicted molar refractivity (Wildman–Crippen MR) is 83.1 cm³/mol. The van der Waals surface area contributed by atoms with Gasteiger partial charge in [0.25, 0.3) is 0 Å². The van der Waals surface area contributed by atoms with E-state index >= 15 is 0 Å². The Morgan fingerprint density at radius 1 is 1.32 bits per heavy atom. The quantitative estimate of drug-likeness (QED) is 0.721. The molecule has 1 aromatic carbocycles. The lowest BCUT2D eigenvalue weighted by Gasteiger charge is -2.13. The normalized spacial score (nSPS) is 12.7. The zero-order valence-corrected chi connectivity index (χ0v) is 12.1. The van der Waals surface area contributed by atoms with Gasteiger partial charge in [-0.15, -0.1) is 22.7 Å². The molecular weight excluding hydrogens is 276 g/mol. The van der Waals surface area contributed by atoms with Crippen LogP contribution >= 0.6 is 22.7 Å². The Morgan fingerprint density at radius 2 is 2.21 bits per heavy atom. The summed E-state index contributed by atoms with van der Waals surface area (Å²) in [6.07, 6.45) is 1.84. The number of nitrogens with one attached hydrogen (secondary N) is 1. The van der Waals surface area contributed by atoms with E-state index in [0.717, 1.165) is 33.1 Å². The summed E-state index contributed by atoms with van der Waals surface area (Å²) in [5.41, 5.74) is 10.5. The molecule has 0 saturated heterocycles. The van der Waals surface area contributed by atoms with Crippen LogP contribution < -0.4 is 11.1 Å². The molecule has 1 atom stereocenters. The van der Waals surface area contributed by atoms with Crippen molar-refractivity contribution in [1.29, 1.82) is 0 Å². The van der Waals surface area contributed by atoms with Crippen molar-refractivity contribution >= 4 is 44.3 Å². The van der Waals surface area contributed by atoms with E-state index in [1.807, 2.05) is 23.2 Å². The number of thiazole rings is 2. The fourth-order valence-corrected chi connectivity index (χ4v) is 3.33. The smallest absolute Gasteiger partial charge is 0.106 e. The van der Waals surface area contributed by atoms with Crippen molar-refractivity contribution in [3.05, 3.63) is 34.2 Å². The van der Waals surface area contributed by atoms with Crippen molar-refractivity contribution in [1.82, 2.24) is 9.97 Å². The first-order chi connectivity index (χ1) is 9.25. The number of nitrogens with two attached hydrogens (primary N) is 1. The SMILES string of the molecule is CC(CNc1ccc2scnc2c1N)c1nccs1. The standard InChI is InChI=1S/C13H14N4S2/c1-8(13-15-4-5-18-13)6-16-9-2-3-10-12(11(9)14)17-7-19-10/h2-5,7-8,16H,6,14H2,1H3. The molecule has 2 aromatic heterocycles. The Balaban J connectivity index is 1.76. The third-order valence-corrected chi connectivity index (χ3v) is 4.81. The molecule has 0 aliphatic carbocycles. The van der Waals surface area contributed by atoms with E-state index in [1.165, 1.54) is 0 Å². The molecule has 0 aliphatic heterocycles. The van der Waals surface area contributed by atoms with Gasteiger partial charge in [-0.1, -0.05) is 6.92 Å². The summed E-state index contributed by atoms with van der Waals surface area (Å²) in [6.45, 7) is 2.97. The molecule has 98 valence electrons. The lowest BCUT2D eigenvalue weighted by Crippen LogP contribution is -2.11. The van der Waals surface area contributed by atoms with Crippen LogP contribution in [0, 0.1) is 0 Å². The first-order valence-corrected chi connectivity index (χ1v) is 7.76. The van der Waals surface area contributed by atoms with Gasteiger partial charge in [-0.3, -0.25) is 0 Å². The Morgan fingerprint density at radius 3 is 3.00 bits per heavy atom. The predicted octanol–water partition coefficient (Wildman–Crippen LogP) is 3.55. The second-order valence-corrected chi connectivity index (χ2v) is 6.19. The van der Waals surface area contributed by atoms with Crippen molar-refractivity contribution in [2.75, 3.05) is 17.6 Å². The van der Waals surface area contributed by atoms with Gasteiger partial charge in [0.15, 0.2) is 0 Å². The average Bonchev–Trinajstić information content (AvgIpc) is 3.09. The number of anilines is 2. The van der Waals surface area contributed by atoms with E-state index in [4.69, 9.17) is 5.73 Å². The van der Waals surface area contributed by atoms with Gasteiger partial charge in [-0.05, 0) is 12.1 Å². The van der Waals surface area contributed by atoms with E-state index in [2.05, 4.69) is 28.3 Å². The van der Waals surface area contributed by atoms with Crippen LogP contribution in [-0.2, 0) is 0 Å². The molecule has 3 aromatic rings. The first-order valence-electron chi connectivity index (χ1n) is 6.00. The molecule has 1 unspecified atom stereocenters. The molecule has 0 bridgehead atoms. The highest BCUT2D eigenvalue weighted by Crippen LogP contribution is 2.30. The van der Waals surface area contributed by atoms with E-state index in [9.17, 15) is 0 Å². The molecule has 6 heteroatoms. The molecule has 4 nitrogen and oxygen atoms in total. The summed E-state index contributed by atoms with van der Waals surface area (Å²) >= 11 is 3.29. The van der Waals surface area contributed by atoms with Gasteiger partial charge in [0, 0.05) is 24.0 Å². The van der Waals surface area contributed by atoms with Crippen LogP contribution in [0.1, 0.15) is 17.8 Å². The number of hydrogen-bond acceptors (Lipinski definition) is 6. The van der Waals surface area contributed by atoms with Crippen LogP contribution in [0.2, 0.25) is 0 Å². The number of hydrogen-bond donors (Lipinski definition) is 2. The van der Waals surface area contributed by atoms with Crippen LogP contribution in [-0.4, -0.2) is 16.5 Å². The van der Waals surface area contributed by atoms with Crippen LogP contribution in [0.5, 0.6) is 0 Å². The fraction of sp³-hybridized carbons (Fsp3) is 0.231. The molecule has 0 spiro atoms. The summed E-state index contributed by atoms with van der Waals surface area (Å²) < 4.78 is 1.12. The molecule has 0 aliphatic rings. The minimum absolute atomic E-state index is 0.366. The third-order valence-electron chi connectivity index (χ3n) is 3.01. The molecule has 3 N–H and O–H groups in total. The zero-order valence-electron chi connectivity index (χ0n) is 10.5. The van der Waals surface area contributed by atoms with E-state index in [0.29, 0.717) is 5.92 Å². The lowest BCUT2D eigenvalue weighted by atomic mass is 10.2. The number of rotatable bonds is 4. The average molecular weight is 290 g/mol. The second-order valence-electron chi connectivity index (χ2n) is 4.38. The number of nitrogen functional groups attached to an aromatic ring is 1. The van der Waals surface area contributed by atoms with Gasteiger partial charge in [0.2, 0.25) is 0 Å². The molecule has 3 rings (SSSR count). The van der Waals surface area contributed by atoms with E-state index < -0.39 is 0 Å². The minimum Gasteiger partial charge on any atom is -0.395 e. The summed E-state index contributed by atoms with van der Waals surface area (Å²) in [5, 5.41) is 6.53. The van der Waals surface area contributed by atoms with Crippen molar-refractivity contribution in [2.24, 2.45) is 0 Å². The van der Waals surface area contributed by atoms with Gasteiger partial charge in [-0.25, -0.2) is 9.97 Å². The minimum atomic E-state index is 0.366. The first kappa shape index (κ1) is 12.4. The van der Waals surface area contributed by atoms with Gasteiger partial charge < -0.3 is 11.1 Å². The van der Waals surface area contributed by atoms with Gasteiger partial charge in [0.05, 0.1) is 26.6 Å². The molecule has 2 heterocycles. The molecule has 0 radical (unpaired) electrons. The zero-order chi connectivity index (χ0) is 13.2. The van der Waals surface area contributed by atoms with E-state index in [-0.39, 0.29) is 0 Å². The molecule has 0 amide bonds. The van der Waals surface area contributed by atoms with Crippen molar-refractivity contribution in [3.8, 4) is 0 Å². The summed E-state index contributed by atoms with van der Waals surface area (Å²) in [4.78, 5) is 8.63. The van der Waals surface area contributed by atoms with Gasteiger partial charge >= 0.3 is 0 Å². The maximum Gasteiger partial charge on any atom is 0.106 e. The third kappa shape index (κ3) is 2.41. The van der Waals surface area contributed by atoms with Crippen LogP contribution in [0.25, 0.3) is 10.2 Å². The Kier molecular flexibility index (Phi) is 3.35. The van der Waals surface area contributed by atoms with Gasteiger partial charge in [0.1, 0.15) is 5.52 Å².